The van der Waals surface area contributed by atoms with Crippen LogP contribution in [0.5, 0.6) is 0 Å². The molecule has 130 heavy (non-hydrogen) atoms. The molecule has 25 nitrogen and oxygen atoms in total. The van der Waals surface area contributed by atoms with Gasteiger partial charge in [-0.25, -0.2) is 55.2 Å². The quantitative estimate of drug-likeness (QED) is 0.0305. The first-order valence-corrected chi connectivity index (χ1v) is 42.6. The fourth-order valence-corrected chi connectivity index (χ4v) is 16.1. The Kier molecular flexibility index (Phi) is 27.2. The molecule has 0 radical (unpaired) electrons. The number of pyridine rings is 8. The number of nitrogens with zero attached hydrogens (tertiary/aromatic N) is 16. The SMILES string of the molecule is Cc1cc(-c2ncccc2-c2ccn3ncnc3c2)ccc1F.O=C(NCCCN1CCCC1=O)c1cnc2ccc(-c3cccnc3-c3cc(Cl)c(F)cc3F)cn12.O=C(NCCCN1CCCC1=O)c1cnc2ccc(-c3cccnc3-c3cc(Cl)ccc3F)cn12.O=C(NCCCN1CCCC1=O)c1cnc2ccc(-c3cccnc3-c3cc(F)c(F)cc3F)cn12. The zero-order valence-electron chi connectivity index (χ0n) is 69.7. The highest BCUT2D eigenvalue weighted by molar-refractivity contribution is 6.31. The zero-order chi connectivity index (χ0) is 90.6. The summed E-state index contributed by atoms with van der Waals surface area (Å²) >= 11 is 12.0. The van der Waals surface area contributed by atoms with Crippen molar-refractivity contribution in [3.8, 4) is 89.5 Å². The molecule has 0 unspecified atom stereocenters. The summed E-state index contributed by atoms with van der Waals surface area (Å²) in [6.07, 6.45) is 25.8. The molecule has 4 aromatic carbocycles. The number of rotatable bonds is 23. The van der Waals surface area contributed by atoms with Crippen LogP contribution in [0.15, 0.2) is 232 Å². The van der Waals surface area contributed by atoms with Crippen molar-refractivity contribution in [3.63, 3.8) is 0 Å². The summed E-state index contributed by atoms with van der Waals surface area (Å²) in [7, 11) is 0. The van der Waals surface area contributed by atoms with Gasteiger partial charge in [0.05, 0.1) is 46.4 Å². The third kappa shape index (κ3) is 19.9. The summed E-state index contributed by atoms with van der Waals surface area (Å²) in [6, 6.07) is 41.5. The first-order chi connectivity index (χ1) is 63.1. The second-order valence-electron chi connectivity index (χ2n) is 30.8. The Labute approximate surface area is 748 Å². The van der Waals surface area contributed by atoms with E-state index in [1.54, 1.807) is 133 Å². The van der Waals surface area contributed by atoms with E-state index < -0.39 is 34.9 Å². The highest BCUT2D eigenvalue weighted by atomic mass is 35.5. The van der Waals surface area contributed by atoms with Gasteiger partial charge in [0.2, 0.25) is 17.7 Å². The lowest BCUT2D eigenvalue weighted by atomic mass is 9.99. The van der Waals surface area contributed by atoms with Gasteiger partial charge in [-0.2, -0.15) is 5.10 Å². The normalized spacial score (nSPS) is 13.1. The summed E-state index contributed by atoms with van der Waals surface area (Å²) in [4.78, 5) is 114. The maximum atomic E-state index is 14.6. The van der Waals surface area contributed by atoms with Gasteiger partial charge in [0.25, 0.3) is 17.7 Å². The summed E-state index contributed by atoms with van der Waals surface area (Å²) in [5, 5.41) is 13.0. The Morgan fingerprint density at radius 2 is 0.769 bits per heavy atom. The average Bonchev–Trinajstić information content (AvgIpc) is 1.23. The lowest BCUT2D eigenvalue weighted by Crippen LogP contribution is -2.31. The van der Waals surface area contributed by atoms with E-state index in [4.69, 9.17) is 23.2 Å². The van der Waals surface area contributed by atoms with Gasteiger partial charge in [0.15, 0.2) is 17.3 Å². The molecule has 12 aromatic heterocycles. The van der Waals surface area contributed by atoms with E-state index in [1.807, 2.05) is 58.5 Å². The lowest BCUT2D eigenvalue weighted by molar-refractivity contribution is -0.128. The topological polar surface area (TPSA) is 282 Å². The van der Waals surface area contributed by atoms with Crippen LogP contribution in [-0.2, 0) is 14.4 Å². The number of aryl methyl sites for hydroxylation is 1. The van der Waals surface area contributed by atoms with Crippen LogP contribution >= 0.6 is 23.2 Å². The van der Waals surface area contributed by atoms with Gasteiger partial charge in [-0.3, -0.25) is 61.9 Å². The second kappa shape index (κ2) is 40.0. The van der Waals surface area contributed by atoms with Gasteiger partial charge < -0.3 is 30.7 Å². The van der Waals surface area contributed by atoms with Crippen molar-refractivity contribution in [3.05, 3.63) is 306 Å². The van der Waals surface area contributed by atoms with Crippen LogP contribution in [0.25, 0.3) is 112 Å². The molecule has 658 valence electrons. The number of amides is 6. The number of carbonyl (C=O) groups excluding carboxylic acids is 6. The van der Waals surface area contributed by atoms with E-state index in [0.29, 0.717) is 173 Å². The lowest BCUT2D eigenvalue weighted by Gasteiger charge is -2.15. The highest BCUT2D eigenvalue weighted by Gasteiger charge is 2.27. The van der Waals surface area contributed by atoms with Crippen molar-refractivity contribution >= 4 is 81.2 Å². The van der Waals surface area contributed by atoms with Gasteiger partial charge in [-0.1, -0.05) is 47.5 Å². The predicted octanol–water partition coefficient (Wildman–Crippen LogP) is 17.5. The number of aromatic nitrogens is 13. The number of hydrogen-bond acceptors (Lipinski definition) is 15. The number of fused-ring (bicyclic) bond motifs is 4. The van der Waals surface area contributed by atoms with E-state index in [-0.39, 0.29) is 63.1 Å². The Morgan fingerprint density at radius 1 is 0.369 bits per heavy atom. The fourth-order valence-electron chi connectivity index (χ4n) is 15.7. The number of carbonyl (C=O) groups is 6. The predicted molar refractivity (Wildman–Crippen MR) is 476 cm³/mol. The van der Waals surface area contributed by atoms with Gasteiger partial charge >= 0.3 is 0 Å². The molecule has 19 rings (SSSR count). The second-order valence-corrected chi connectivity index (χ2v) is 31.7. The Morgan fingerprint density at radius 3 is 1.21 bits per heavy atom. The number of imidazole rings is 3. The van der Waals surface area contributed by atoms with Crippen LogP contribution in [0.1, 0.15) is 94.8 Å². The summed E-state index contributed by atoms with van der Waals surface area (Å²) in [6.45, 7) is 7.20. The maximum absolute atomic E-state index is 14.6. The van der Waals surface area contributed by atoms with Crippen LogP contribution < -0.4 is 16.0 Å². The first-order valence-electron chi connectivity index (χ1n) is 41.8. The molecular weight excluding hydrogens is 1720 g/mol. The van der Waals surface area contributed by atoms with Crippen LogP contribution in [0.4, 0.5) is 30.7 Å². The van der Waals surface area contributed by atoms with Crippen molar-refractivity contribution in [2.24, 2.45) is 0 Å². The largest absolute Gasteiger partial charge is 0.351 e. The number of benzene rings is 4. The Bertz CT molecular complexity index is 6790. The molecule has 16 aromatic rings. The van der Waals surface area contributed by atoms with E-state index in [9.17, 15) is 59.5 Å². The van der Waals surface area contributed by atoms with Crippen LogP contribution in [-0.4, -0.2) is 172 Å². The molecule has 0 bridgehead atoms. The Hall–Kier alpha value is -14.9. The standard InChI is InChI=1S/C26H22ClF2N5O2.C26H23ClFN5O2.C26H22F3N5O2.C18H13FN4/c27-19-12-18(20(28)13-21(19)29)25-17(4-1-8-30-25)16-6-7-23-32-14-22(34(23)15-16)26(36)31-9-3-11-33-10-2-5-24(33)35;27-18-7-8-21(28)20(14-18)25-19(4-1-10-29-25)17-6-9-23-31-15-22(33(23)16-17)26(35)30-11-3-13-32-12-2-5-24(32)34;27-19-13-21(29)20(28)12-18(19)25-17(4-1-8-30-25)16-6-7-23-32-14-22(34(23)15-16)26(36)31-9-3-11-33-10-2-5-24(33)35;1-12-9-14(4-5-16(12)19)18-15(3-2-7-20-18)13-6-8-23-17(10-13)21-11-22-23/h1,4,6-8,12-15H,2-3,5,9-11H2,(H,31,36);1,4,6-10,14-16H,2-3,5,11-13H2,(H,30,35);1,4,6-8,12-15H,2-3,5,9-11H2,(H,31,36);2-11H,1H3. The molecule has 0 aliphatic carbocycles. The minimum Gasteiger partial charge on any atom is -0.351 e. The zero-order valence-corrected chi connectivity index (χ0v) is 71.2. The third-order valence-corrected chi connectivity index (χ3v) is 22.8. The van der Waals surface area contributed by atoms with Gasteiger partial charge in [0.1, 0.15) is 69.4 Å². The Balaban J connectivity index is 0.000000128. The molecule has 0 saturated carbocycles. The molecule has 15 heterocycles. The minimum atomic E-state index is -1.28. The van der Waals surface area contributed by atoms with E-state index in [1.165, 1.54) is 61.6 Å². The molecule has 0 spiro atoms. The number of nitrogens with one attached hydrogen (secondary N) is 3. The third-order valence-electron chi connectivity index (χ3n) is 22.3. The molecule has 6 amide bonds. The fraction of sp³-hybridized carbons (Fsp3) is 0.198. The van der Waals surface area contributed by atoms with Crippen molar-refractivity contribution < 1.29 is 59.5 Å². The number of likely N-dealkylation sites (tertiary alicyclic amines) is 3. The summed E-state index contributed by atoms with van der Waals surface area (Å²) in [5.41, 5.74) is 12.6. The molecular formula is C96H80Cl2F7N19O6. The van der Waals surface area contributed by atoms with Crippen molar-refractivity contribution in [1.29, 1.82) is 0 Å². The first kappa shape index (κ1) is 88.5. The van der Waals surface area contributed by atoms with Crippen molar-refractivity contribution in [2.45, 2.75) is 64.7 Å². The summed E-state index contributed by atoms with van der Waals surface area (Å²) < 4.78 is 105. The number of hydrogen-bond donors (Lipinski definition) is 3. The van der Waals surface area contributed by atoms with E-state index in [2.05, 4.69) is 60.9 Å². The highest BCUT2D eigenvalue weighted by Crippen LogP contribution is 2.39. The van der Waals surface area contributed by atoms with Crippen LogP contribution in [0.3, 0.4) is 0 Å². The van der Waals surface area contributed by atoms with Gasteiger partial charge in [0, 0.05) is 206 Å². The smallest absolute Gasteiger partial charge is 0.269 e. The van der Waals surface area contributed by atoms with Gasteiger partial charge in [-0.05, 0) is 178 Å². The molecule has 34 heteroatoms. The van der Waals surface area contributed by atoms with Crippen LogP contribution in [0.2, 0.25) is 10.0 Å². The molecule has 3 saturated heterocycles. The van der Waals surface area contributed by atoms with E-state index in [0.717, 1.165) is 84.6 Å². The van der Waals surface area contributed by atoms with Crippen molar-refractivity contribution in [1.82, 2.24) is 93.3 Å². The maximum Gasteiger partial charge on any atom is 0.269 e. The van der Waals surface area contributed by atoms with Crippen molar-refractivity contribution in [2.75, 3.05) is 58.9 Å². The molecule has 3 N–H and O–H groups in total. The average molecular weight is 1800 g/mol. The molecule has 3 aliphatic rings. The summed E-state index contributed by atoms with van der Waals surface area (Å²) in [5.74, 6) is -6.06. The van der Waals surface area contributed by atoms with Gasteiger partial charge in [-0.15, -0.1) is 0 Å². The molecule has 0 atom stereocenters. The minimum absolute atomic E-state index is 0.0668. The van der Waals surface area contributed by atoms with Crippen LogP contribution in [0, 0.1) is 47.6 Å². The number of halogens is 9. The van der Waals surface area contributed by atoms with E-state index >= 15 is 0 Å². The molecule has 3 aliphatic heterocycles. The monoisotopic (exact) mass is 1800 g/mol. The molecule has 3 fully saturated rings.